The summed E-state index contributed by atoms with van der Waals surface area (Å²) >= 11 is 0. The summed E-state index contributed by atoms with van der Waals surface area (Å²) in [7, 11) is 0. The van der Waals surface area contributed by atoms with Gasteiger partial charge in [-0.15, -0.1) is 0 Å². The largest absolute Gasteiger partial charge is 3.00 e. The summed E-state index contributed by atoms with van der Waals surface area (Å²) in [5.41, 5.74) is 0. The fourth-order valence-corrected chi connectivity index (χ4v) is 0. The van der Waals surface area contributed by atoms with Crippen molar-refractivity contribution in [3.8, 4) is 0 Å². The Morgan fingerprint density at radius 1 is 0.344 bits per heavy atom. The third-order valence-corrected chi connectivity index (χ3v) is 1.00. The molecule has 0 aromatic rings. The minimum atomic E-state index is -1.23. The summed E-state index contributed by atoms with van der Waals surface area (Å²) in [4.78, 5) is 54.8. The fourth-order valence-electron chi connectivity index (χ4n) is 0. The minimum Gasteiger partial charge on any atom is -0.545 e. The number of carbonyl (C=O) groups is 6. The Morgan fingerprint density at radius 3 is 0.375 bits per heavy atom. The van der Waals surface area contributed by atoms with E-state index < -0.39 is 35.8 Å². The van der Waals surface area contributed by atoms with E-state index in [0.29, 0.717) is 0 Å². The first-order valence-electron chi connectivity index (χ1n) is 6.63. The van der Waals surface area contributed by atoms with Gasteiger partial charge in [0.2, 0.25) is 0 Å². The summed E-state index contributed by atoms with van der Waals surface area (Å²) in [5.74, 6) is -7.39. The van der Waals surface area contributed by atoms with Crippen LogP contribution in [0.3, 0.4) is 0 Å². The third-order valence-electron chi connectivity index (χ3n) is 1.00. The van der Waals surface area contributed by atoms with Gasteiger partial charge < -0.3 is 59.4 Å². The molecule has 0 bridgehead atoms. The van der Waals surface area contributed by atoms with Crippen molar-refractivity contribution in [1.29, 1.82) is 0 Å². The second-order valence-electron chi connectivity index (χ2n) is 3.14. The summed E-state index contributed by atoms with van der Waals surface area (Å²) in [5, 5.41) is 54.8. The molecule has 0 heterocycles. The van der Waals surface area contributed by atoms with Crippen molar-refractivity contribution in [3.63, 3.8) is 0 Å². The van der Waals surface area contributed by atoms with Crippen LogP contribution in [0.4, 0.5) is 0 Å². The molecule has 0 fully saturated rings. The first-order valence-corrected chi connectivity index (χ1v) is 6.63. The van der Waals surface area contributed by atoms with E-state index in [1.807, 2.05) is 0 Å². The van der Waals surface area contributed by atoms with E-state index in [2.05, 4.69) is 39.5 Å². The molecule has 0 spiro atoms. The van der Waals surface area contributed by atoms with Gasteiger partial charge in [0.25, 0.3) is 0 Å². The standard InChI is InChI=1S/6C3H4O2.2Al/c6*1-2-3(4)5;;/h6*2H,1H2,(H,4,5);;/q;;;;;;2*+3/p-6. The Balaban J connectivity index is -0.0000000356. The number of aliphatic carboxylic acids is 6. The van der Waals surface area contributed by atoms with Crippen LogP contribution in [-0.4, -0.2) is 70.5 Å². The van der Waals surface area contributed by atoms with Gasteiger partial charge in [-0.05, 0) is 36.5 Å². The van der Waals surface area contributed by atoms with E-state index in [0.717, 1.165) is 36.5 Å². The molecule has 0 aromatic heterocycles. The van der Waals surface area contributed by atoms with Gasteiger partial charge in [-0.3, -0.25) is 0 Å². The van der Waals surface area contributed by atoms with Crippen molar-refractivity contribution < 1.29 is 59.4 Å². The van der Waals surface area contributed by atoms with E-state index in [-0.39, 0.29) is 34.7 Å². The van der Waals surface area contributed by atoms with Crippen molar-refractivity contribution in [2.75, 3.05) is 0 Å². The maximum absolute atomic E-state index is 9.14. The van der Waals surface area contributed by atoms with Crippen molar-refractivity contribution in [3.05, 3.63) is 75.9 Å². The molecule has 0 radical (unpaired) electrons. The molecule has 0 saturated carbocycles. The van der Waals surface area contributed by atoms with Gasteiger partial charge in [-0.25, -0.2) is 0 Å². The van der Waals surface area contributed by atoms with Gasteiger partial charge in [0.05, 0.1) is 35.8 Å². The first kappa shape index (κ1) is 51.2. The molecule has 32 heavy (non-hydrogen) atoms. The van der Waals surface area contributed by atoms with Crippen molar-refractivity contribution in [2.24, 2.45) is 0 Å². The Labute approximate surface area is 205 Å². The molecule has 14 heteroatoms. The molecule has 12 nitrogen and oxygen atoms in total. The summed E-state index contributed by atoms with van der Waals surface area (Å²) < 4.78 is 0. The number of hydrogen-bond acceptors (Lipinski definition) is 12. The zero-order chi connectivity index (χ0) is 25.7. The van der Waals surface area contributed by atoms with Crippen LogP contribution in [0.25, 0.3) is 0 Å². The zero-order valence-corrected chi connectivity index (χ0v) is 19.1. The molecule has 0 aliphatic heterocycles. The summed E-state index contributed by atoms with van der Waals surface area (Å²) in [6.07, 6.45) is 4.33. The van der Waals surface area contributed by atoms with Gasteiger partial charge in [-0.1, -0.05) is 39.5 Å². The monoisotopic (exact) mass is 480 g/mol. The molecule has 0 rings (SSSR count). The summed E-state index contributed by atoms with van der Waals surface area (Å²) in [6.45, 7) is 17.4. The average molecular weight is 480 g/mol. The van der Waals surface area contributed by atoms with Crippen molar-refractivity contribution >= 4 is 70.5 Å². The molecule has 168 valence electrons. The van der Waals surface area contributed by atoms with Gasteiger partial charge >= 0.3 is 34.7 Å². The van der Waals surface area contributed by atoms with E-state index >= 15 is 0 Å². The molecule has 0 amide bonds. The molecular formula is C18H18Al2O12. The van der Waals surface area contributed by atoms with Crippen LogP contribution in [0.5, 0.6) is 0 Å². The molecule has 0 aliphatic carbocycles. The number of carbonyl (C=O) groups excluding carboxylic acids is 6. The third kappa shape index (κ3) is 244. The number of carboxylic acids is 6. The Bertz CT molecular complexity index is 486. The molecule has 0 aliphatic rings. The summed E-state index contributed by atoms with van der Waals surface area (Å²) in [6, 6.07) is 0. The topological polar surface area (TPSA) is 241 Å². The van der Waals surface area contributed by atoms with Crippen LogP contribution in [-0.2, 0) is 28.8 Å². The van der Waals surface area contributed by atoms with Gasteiger partial charge in [-0.2, -0.15) is 0 Å². The van der Waals surface area contributed by atoms with Crippen LogP contribution >= 0.6 is 0 Å². The smallest absolute Gasteiger partial charge is 0.545 e. The zero-order valence-electron chi connectivity index (χ0n) is 16.8. The predicted octanol–water partition coefficient (Wildman–Crippen LogP) is -7.23. The van der Waals surface area contributed by atoms with Gasteiger partial charge in [0, 0.05) is 0 Å². The van der Waals surface area contributed by atoms with Crippen molar-refractivity contribution in [1.82, 2.24) is 0 Å². The van der Waals surface area contributed by atoms with Crippen LogP contribution < -0.4 is 30.6 Å². The Hall–Kier alpha value is -3.68. The average Bonchev–Trinajstić information content (AvgIpc) is 2.69. The van der Waals surface area contributed by atoms with Gasteiger partial charge in [0.1, 0.15) is 0 Å². The Morgan fingerprint density at radius 2 is 0.375 bits per heavy atom. The fraction of sp³-hybridized carbons (Fsp3) is 0. The number of hydrogen-bond donors (Lipinski definition) is 0. The van der Waals surface area contributed by atoms with Gasteiger partial charge in [0.15, 0.2) is 0 Å². The van der Waals surface area contributed by atoms with Crippen LogP contribution in [0.1, 0.15) is 0 Å². The second-order valence-corrected chi connectivity index (χ2v) is 3.14. The maximum Gasteiger partial charge on any atom is 3.00 e. The van der Waals surface area contributed by atoms with E-state index in [1.165, 1.54) is 0 Å². The molecule has 0 unspecified atom stereocenters. The van der Waals surface area contributed by atoms with E-state index in [1.54, 1.807) is 0 Å². The normalized spacial score (nSPS) is 6.00. The van der Waals surface area contributed by atoms with Crippen LogP contribution in [0.15, 0.2) is 75.9 Å². The molecule has 0 atom stereocenters. The minimum absolute atomic E-state index is 0. The van der Waals surface area contributed by atoms with E-state index in [9.17, 15) is 0 Å². The molecule has 0 N–H and O–H groups in total. The quantitative estimate of drug-likeness (QED) is 0.254. The molecule has 0 aromatic carbocycles. The van der Waals surface area contributed by atoms with Crippen LogP contribution in [0, 0.1) is 0 Å². The van der Waals surface area contributed by atoms with Crippen molar-refractivity contribution in [2.45, 2.75) is 0 Å². The predicted molar refractivity (Wildman–Crippen MR) is 103 cm³/mol. The SMILES string of the molecule is C=CC(=O)[O-].C=CC(=O)[O-].C=CC(=O)[O-].C=CC(=O)[O-].C=CC(=O)[O-].C=CC(=O)[O-].[Al+3].[Al+3]. The Kier molecular flexibility index (Phi) is 73.3. The molecular weight excluding hydrogens is 462 g/mol. The number of rotatable bonds is 6. The van der Waals surface area contributed by atoms with E-state index in [4.69, 9.17) is 59.4 Å². The maximum atomic E-state index is 9.14. The van der Waals surface area contributed by atoms with Crippen LogP contribution in [0.2, 0.25) is 0 Å². The second kappa shape index (κ2) is 45.8. The first-order chi connectivity index (χ1) is 13.6. The number of carboxylic acid groups (broad SMARTS) is 6. The molecule has 0 saturated heterocycles.